The van der Waals surface area contributed by atoms with E-state index in [0.717, 1.165) is 23.8 Å². The number of hydrogen-bond donors (Lipinski definition) is 5. The van der Waals surface area contributed by atoms with Crippen molar-refractivity contribution in [3.8, 4) is 0 Å². The number of anilines is 3. The fraction of sp³-hybridized carbons (Fsp3) is 0.138. The Hall–Kier alpha value is -5.52. The van der Waals surface area contributed by atoms with Crippen molar-refractivity contribution < 1.29 is 43.3 Å². The topological polar surface area (TPSA) is 307 Å². The number of sulfone groups is 1. The number of nitrogens with one attached hydrogen (secondary N) is 1. The fourth-order valence-corrected chi connectivity index (χ4v) is 6.18. The summed E-state index contributed by atoms with van der Waals surface area (Å²) in [4.78, 5) is 10.9. The number of amides is 1. The molecule has 0 atom stereocenters. The summed E-state index contributed by atoms with van der Waals surface area (Å²) >= 11 is 0. The molecule has 0 heterocycles. The van der Waals surface area contributed by atoms with Gasteiger partial charge in [0.25, 0.3) is 10.1 Å². The predicted octanol–water partition coefficient (Wildman–Crippen LogP) is 6.20. The van der Waals surface area contributed by atoms with E-state index in [1.807, 2.05) is 19.1 Å². The van der Waals surface area contributed by atoms with Crippen LogP contribution in [0.25, 0.3) is 0 Å². The van der Waals surface area contributed by atoms with Crippen molar-refractivity contribution in [3.63, 3.8) is 0 Å². The van der Waals surface area contributed by atoms with E-state index >= 15 is 0 Å². The zero-order valence-corrected chi connectivity index (χ0v) is 29.0. The van der Waals surface area contributed by atoms with Crippen molar-refractivity contribution in [3.05, 3.63) is 78.4 Å². The maximum atomic E-state index is 12.4. The first-order chi connectivity index (χ1) is 23.8. The Morgan fingerprint density at radius 2 is 1.27 bits per heavy atom. The van der Waals surface area contributed by atoms with Crippen molar-refractivity contribution in [1.82, 2.24) is 0 Å². The summed E-state index contributed by atoms with van der Waals surface area (Å²) in [5, 5.41) is 26.9. The molecule has 0 spiro atoms. The molecular weight excluding hydrogens is 731 g/mol. The maximum Gasteiger partial charge on any atom is 0.397 e. The van der Waals surface area contributed by atoms with E-state index in [-0.39, 0.29) is 39.0 Å². The molecule has 0 aliphatic rings. The number of nitrogen functional groups attached to an aromatic ring is 2. The highest BCUT2D eigenvalue weighted by Crippen LogP contribution is 2.43. The number of nitrogens with zero attached hydrogens (tertiary/aromatic N) is 6. The molecule has 4 aromatic rings. The fourth-order valence-electron chi connectivity index (χ4n) is 4.06. The average molecular weight is 760 g/mol. The van der Waals surface area contributed by atoms with Crippen LogP contribution in [0.4, 0.5) is 51.2 Å². The van der Waals surface area contributed by atoms with Crippen LogP contribution in [0.5, 0.6) is 0 Å². The minimum absolute atomic E-state index is 0.0704. The zero-order valence-electron chi connectivity index (χ0n) is 26.6. The Kier molecular flexibility index (Phi) is 11.7. The Labute approximate surface area is 291 Å². The molecule has 19 nitrogen and oxygen atoms in total. The summed E-state index contributed by atoms with van der Waals surface area (Å²) in [6.45, 7) is 2.39. The van der Waals surface area contributed by atoms with Gasteiger partial charge >= 0.3 is 10.4 Å². The second-order valence-electron chi connectivity index (χ2n) is 10.4. The smallest absolute Gasteiger partial charge is 0.396 e. The third-order valence-electron chi connectivity index (χ3n) is 6.51. The van der Waals surface area contributed by atoms with Crippen LogP contribution in [0.15, 0.2) is 113 Å². The van der Waals surface area contributed by atoms with Crippen LogP contribution < -0.4 is 16.8 Å². The van der Waals surface area contributed by atoms with Crippen LogP contribution in [-0.4, -0.2) is 52.6 Å². The molecule has 0 unspecified atom stereocenters. The van der Waals surface area contributed by atoms with E-state index in [4.69, 9.17) is 16.0 Å². The van der Waals surface area contributed by atoms with E-state index in [1.165, 1.54) is 37.3 Å². The van der Waals surface area contributed by atoms with Gasteiger partial charge in [0.2, 0.25) is 5.91 Å². The van der Waals surface area contributed by atoms with Gasteiger partial charge in [0.05, 0.1) is 51.4 Å². The lowest BCUT2D eigenvalue weighted by Gasteiger charge is -2.11. The molecule has 0 aliphatic carbocycles. The predicted molar refractivity (Wildman–Crippen MR) is 186 cm³/mol. The molecule has 4 rings (SSSR count). The van der Waals surface area contributed by atoms with Crippen molar-refractivity contribution in [2.45, 2.75) is 23.6 Å². The van der Waals surface area contributed by atoms with Gasteiger partial charge in [-0.15, -0.1) is 15.3 Å². The summed E-state index contributed by atoms with van der Waals surface area (Å²) in [6.07, 6.45) is 0. The van der Waals surface area contributed by atoms with Gasteiger partial charge < -0.3 is 16.8 Å². The Morgan fingerprint density at radius 3 is 1.84 bits per heavy atom. The van der Waals surface area contributed by atoms with Crippen molar-refractivity contribution in [2.24, 2.45) is 30.7 Å². The summed E-state index contributed by atoms with van der Waals surface area (Å²) in [6, 6.07) is 17.2. The number of carbonyl (C=O) groups is 1. The molecule has 268 valence electrons. The zero-order chi connectivity index (χ0) is 37.6. The molecule has 0 radical (unpaired) electrons. The third-order valence-corrected chi connectivity index (χ3v) is 9.57. The highest BCUT2D eigenvalue weighted by Gasteiger charge is 2.23. The van der Waals surface area contributed by atoms with Gasteiger partial charge in [0.1, 0.15) is 22.0 Å². The molecule has 0 saturated carbocycles. The molecule has 51 heavy (non-hydrogen) atoms. The molecule has 22 heteroatoms. The Balaban J connectivity index is 1.65. The molecule has 1 amide bonds. The first-order valence-corrected chi connectivity index (χ1v) is 18.7. The second kappa shape index (κ2) is 15.6. The summed E-state index contributed by atoms with van der Waals surface area (Å²) in [5.41, 5.74) is 13.0. The van der Waals surface area contributed by atoms with Gasteiger partial charge in [0, 0.05) is 6.92 Å². The lowest BCUT2D eigenvalue weighted by atomic mass is 10.2. The molecule has 0 aromatic heterocycles. The Morgan fingerprint density at radius 1 is 0.725 bits per heavy atom. The number of carbonyl (C=O) groups excluding carboxylic acids is 1. The van der Waals surface area contributed by atoms with Crippen molar-refractivity contribution in [1.29, 1.82) is 0 Å². The number of benzene rings is 4. The standard InChI is InChI=1S/C29H29N9O10S3/c1-17-3-5-19(6-4-17)33-36-23-12-9-21(15-24(23)32-18(2)39)35-38-29-27(30)25(16-26(28(29)31)50(42,43)44)37-34-20-7-10-22(11-8-20)49(40,41)14-13-48-51(45,46)47/h3-12,15-16H,13-14,30-31H2,1-2H3,(H,32,39)(H,42,43,44)(H,45,46,47). The van der Waals surface area contributed by atoms with Gasteiger partial charge in [0.15, 0.2) is 9.84 Å². The third kappa shape index (κ3) is 10.7. The highest BCUT2D eigenvalue weighted by atomic mass is 32.3. The first-order valence-electron chi connectivity index (χ1n) is 14.2. The van der Waals surface area contributed by atoms with Gasteiger partial charge in [-0.2, -0.15) is 32.2 Å². The molecule has 0 fully saturated rings. The van der Waals surface area contributed by atoms with E-state index in [0.29, 0.717) is 5.69 Å². The van der Waals surface area contributed by atoms with Crippen LogP contribution in [0.1, 0.15) is 12.5 Å². The molecule has 0 saturated heterocycles. The molecule has 4 aromatic carbocycles. The number of hydrogen-bond acceptors (Lipinski definition) is 16. The molecule has 0 aliphatic heterocycles. The van der Waals surface area contributed by atoms with Crippen molar-refractivity contribution >= 4 is 87.4 Å². The monoisotopic (exact) mass is 759 g/mol. The molecule has 7 N–H and O–H groups in total. The lowest BCUT2D eigenvalue weighted by Crippen LogP contribution is -2.15. The number of rotatable bonds is 13. The van der Waals surface area contributed by atoms with E-state index in [1.54, 1.807) is 12.1 Å². The minimum Gasteiger partial charge on any atom is -0.396 e. The maximum absolute atomic E-state index is 12.4. The van der Waals surface area contributed by atoms with Crippen LogP contribution in [-0.2, 0) is 39.3 Å². The SMILES string of the molecule is CC(=O)Nc1cc(N=Nc2c(N)c(N=Nc3ccc(S(=O)(=O)CCOS(=O)(=O)O)cc3)cc(S(=O)(=O)O)c2N)ccc1N=Nc1ccc(C)cc1. The second-order valence-corrected chi connectivity index (χ2v) is 15.0. The van der Waals surface area contributed by atoms with Gasteiger partial charge in [-0.3, -0.25) is 13.9 Å². The number of nitrogens with two attached hydrogens (primary N) is 2. The van der Waals surface area contributed by atoms with Gasteiger partial charge in [-0.25, -0.2) is 12.6 Å². The van der Waals surface area contributed by atoms with E-state index in [2.05, 4.69) is 40.2 Å². The highest BCUT2D eigenvalue weighted by molar-refractivity contribution is 7.91. The molecule has 0 bridgehead atoms. The minimum atomic E-state index is -4.94. The summed E-state index contributed by atoms with van der Waals surface area (Å²) in [7, 11) is -13.8. The van der Waals surface area contributed by atoms with Crippen LogP contribution in [0, 0.1) is 6.92 Å². The van der Waals surface area contributed by atoms with E-state index < -0.39 is 64.9 Å². The van der Waals surface area contributed by atoms with Crippen LogP contribution >= 0.6 is 0 Å². The largest absolute Gasteiger partial charge is 0.397 e. The first kappa shape index (κ1) is 38.3. The Bertz CT molecular complexity index is 2380. The summed E-state index contributed by atoms with van der Waals surface area (Å²) in [5.74, 6) is -1.18. The van der Waals surface area contributed by atoms with Crippen LogP contribution in [0.2, 0.25) is 0 Å². The van der Waals surface area contributed by atoms with Crippen LogP contribution in [0.3, 0.4) is 0 Å². The molecular formula is C29H29N9O10S3. The van der Waals surface area contributed by atoms with Crippen molar-refractivity contribution in [2.75, 3.05) is 29.1 Å². The van der Waals surface area contributed by atoms with E-state index in [9.17, 15) is 34.6 Å². The average Bonchev–Trinajstić information content (AvgIpc) is 3.03. The number of aryl methyl sites for hydroxylation is 1. The number of azo groups is 3. The lowest BCUT2D eigenvalue weighted by molar-refractivity contribution is -0.114. The summed E-state index contributed by atoms with van der Waals surface area (Å²) < 4.78 is 93.0. The van der Waals surface area contributed by atoms with Gasteiger partial charge in [-0.05, 0) is 67.6 Å². The van der Waals surface area contributed by atoms with Gasteiger partial charge in [-0.1, -0.05) is 17.7 Å². The normalized spacial score (nSPS) is 12.6. The quantitative estimate of drug-likeness (QED) is 0.0578.